The van der Waals surface area contributed by atoms with Crippen molar-refractivity contribution in [3.63, 3.8) is 0 Å². The third-order valence-corrected chi connectivity index (χ3v) is 3.76. The van der Waals surface area contributed by atoms with Crippen LogP contribution in [0.25, 0.3) is 0 Å². The van der Waals surface area contributed by atoms with Crippen LogP contribution in [0, 0.1) is 5.92 Å². The van der Waals surface area contributed by atoms with Crippen molar-refractivity contribution in [2.45, 2.75) is 32.4 Å². The number of aromatic nitrogens is 1. The molecule has 1 fully saturated rings. The van der Waals surface area contributed by atoms with Gasteiger partial charge in [0, 0.05) is 24.7 Å². The van der Waals surface area contributed by atoms with E-state index >= 15 is 0 Å². The smallest absolute Gasteiger partial charge is 0.0832 e. The molecule has 1 heterocycles. The molecular weight excluding hydrogens is 206 g/mol. The maximum absolute atomic E-state index is 9.93. The Morgan fingerprint density at radius 3 is 3.07 bits per heavy atom. The first-order chi connectivity index (χ1) is 7.31. The molecular formula is C12H19NOS. The minimum atomic E-state index is -0.218. The largest absolute Gasteiger partial charge is 0.388 e. The Labute approximate surface area is 95.7 Å². The molecule has 0 saturated heterocycles. The normalized spacial score (nSPS) is 18.0. The van der Waals surface area contributed by atoms with Crippen molar-refractivity contribution in [2.24, 2.45) is 5.92 Å². The average Bonchev–Trinajstić information content (AvgIpc) is 2.98. The predicted molar refractivity (Wildman–Crippen MR) is 65.1 cm³/mol. The Hall–Kier alpha value is -0.410. The van der Waals surface area contributed by atoms with Crippen LogP contribution in [-0.4, -0.2) is 21.2 Å². The topological polar surface area (TPSA) is 25.2 Å². The molecule has 84 valence electrons. The van der Waals surface area contributed by atoms with Gasteiger partial charge in [-0.3, -0.25) is 0 Å². The molecule has 0 spiro atoms. The molecule has 1 N–H and O–H groups in total. The van der Waals surface area contributed by atoms with Gasteiger partial charge in [0.1, 0.15) is 0 Å². The summed E-state index contributed by atoms with van der Waals surface area (Å²) >= 11 is 1.96. The Balaban J connectivity index is 1.85. The molecule has 0 radical (unpaired) electrons. The summed E-state index contributed by atoms with van der Waals surface area (Å²) in [5.41, 5.74) is 1.10. The monoisotopic (exact) mass is 225 g/mol. The molecule has 0 aromatic carbocycles. The lowest BCUT2D eigenvalue weighted by molar-refractivity contribution is 0.154. The number of aryl methyl sites for hydroxylation is 1. The van der Waals surface area contributed by atoms with Gasteiger partial charge in [0.05, 0.1) is 6.10 Å². The van der Waals surface area contributed by atoms with Crippen molar-refractivity contribution in [1.82, 2.24) is 4.57 Å². The van der Waals surface area contributed by atoms with Crippen LogP contribution in [-0.2, 0) is 6.54 Å². The number of rotatable bonds is 6. The van der Waals surface area contributed by atoms with Crippen LogP contribution >= 0.6 is 11.8 Å². The number of aliphatic hydroxyl groups excluding tert-OH is 1. The van der Waals surface area contributed by atoms with Crippen molar-refractivity contribution in [1.29, 1.82) is 0 Å². The van der Waals surface area contributed by atoms with E-state index < -0.39 is 0 Å². The van der Waals surface area contributed by atoms with E-state index in [1.807, 2.05) is 11.8 Å². The molecule has 3 heteroatoms. The van der Waals surface area contributed by atoms with Crippen LogP contribution in [0.15, 0.2) is 18.5 Å². The molecule has 2 nitrogen and oxygen atoms in total. The van der Waals surface area contributed by atoms with Gasteiger partial charge in [0.25, 0.3) is 0 Å². The van der Waals surface area contributed by atoms with Gasteiger partial charge in [-0.25, -0.2) is 0 Å². The third kappa shape index (κ3) is 3.02. The number of thioether (sulfide) groups is 1. The molecule has 15 heavy (non-hydrogen) atoms. The van der Waals surface area contributed by atoms with E-state index in [9.17, 15) is 5.11 Å². The molecule has 1 aromatic heterocycles. The maximum Gasteiger partial charge on any atom is 0.0832 e. The highest BCUT2D eigenvalue weighted by Gasteiger charge is 2.30. The zero-order chi connectivity index (χ0) is 10.7. The highest BCUT2D eigenvalue weighted by molar-refractivity contribution is 7.99. The van der Waals surface area contributed by atoms with Gasteiger partial charge in [-0.15, -0.1) is 0 Å². The van der Waals surface area contributed by atoms with Crippen molar-refractivity contribution in [3.8, 4) is 0 Å². The molecule has 0 amide bonds. The first-order valence-corrected chi connectivity index (χ1v) is 6.88. The minimum absolute atomic E-state index is 0.218. The van der Waals surface area contributed by atoms with Crippen molar-refractivity contribution in [2.75, 3.05) is 11.5 Å². The van der Waals surface area contributed by atoms with Gasteiger partial charge >= 0.3 is 0 Å². The van der Waals surface area contributed by atoms with Gasteiger partial charge in [0.15, 0.2) is 0 Å². The summed E-state index contributed by atoms with van der Waals surface area (Å²) in [6, 6.07) is 2.06. The van der Waals surface area contributed by atoms with Crippen LogP contribution in [0.4, 0.5) is 0 Å². The quantitative estimate of drug-likeness (QED) is 0.753. The Morgan fingerprint density at radius 1 is 1.60 bits per heavy atom. The summed E-state index contributed by atoms with van der Waals surface area (Å²) < 4.78 is 2.18. The van der Waals surface area contributed by atoms with Crippen LogP contribution in [0.3, 0.4) is 0 Å². The molecule has 1 atom stereocenters. The molecule has 0 bridgehead atoms. The Morgan fingerprint density at radius 2 is 2.40 bits per heavy atom. The highest BCUT2D eigenvalue weighted by Crippen LogP contribution is 2.40. The lowest BCUT2D eigenvalue weighted by atomic mass is 10.1. The Bertz CT molecular complexity index is 306. The lowest BCUT2D eigenvalue weighted by Gasteiger charge is -2.06. The fourth-order valence-corrected chi connectivity index (χ4v) is 2.40. The summed E-state index contributed by atoms with van der Waals surface area (Å²) in [4.78, 5) is 0. The second kappa shape index (κ2) is 5.08. The maximum atomic E-state index is 9.93. The SMILES string of the molecule is CCSCCn1ccc(C(O)C2CC2)c1. The minimum Gasteiger partial charge on any atom is -0.388 e. The van der Waals surface area contributed by atoms with E-state index in [-0.39, 0.29) is 6.10 Å². The van der Waals surface area contributed by atoms with Crippen LogP contribution < -0.4 is 0 Å². The standard InChI is InChI=1S/C12H19NOS/c1-2-15-8-7-13-6-5-11(9-13)12(14)10-3-4-10/h5-6,9-10,12,14H,2-4,7-8H2,1H3. The van der Waals surface area contributed by atoms with Gasteiger partial charge in [0.2, 0.25) is 0 Å². The fourth-order valence-electron chi connectivity index (χ4n) is 1.77. The molecule has 0 aliphatic heterocycles. The van der Waals surface area contributed by atoms with E-state index in [0.717, 1.165) is 17.9 Å². The summed E-state index contributed by atoms with van der Waals surface area (Å²) in [7, 11) is 0. The average molecular weight is 225 g/mol. The molecule has 1 saturated carbocycles. The Kier molecular flexibility index (Phi) is 3.76. The van der Waals surface area contributed by atoms with E-state index in [2.05, 4.69) is 30.0 Å². The number of hydrogen-bond acceptors (Lipinski definition) is 2. The van der Waals surface area contributed by atoms with E-state index in [1.165, 1.54) is 18.6 Å². The number of nitrogens with zero attached hydrogens (tertiary/aromatic N) is 1. The van der Waals surface area contributed by atoms with Crippen LogP contribution in [0.1, 0.15) is 31.4 Å². The van der Waals surface area contributed by atoms with E-state index in [1.54, 1.807) is 0 Å². The summed E-state index contributed by atoms with van der Waals surface area (Å²) in [5.74, 6) is 2.87. The van der Waals surface area contributed by atoms with Gasteiger partial charge in [-0.2, -0.15) is 11.8 Å². The molecule has 2 rings (SSSR count). The van der Waals surface area contributed by atoms with E-state index in [0.29, 0.717) is 5.92 Å². The molecule has 1 aliphatic rings. The van der Waals surface area contributed by atoms with Crippen LogP contribution in [0.5, 0.6) is 0 Å². The first kappa shape index (κ1) is 11.1. The predicted octanol–water partition coefficient (Wildman–Crippen LogP) is 2.68. The van der Waals surface area contributed by atoms with Gasteiger partial charge < -0.3 is 9.67 Å². The summed E-state index contributed by atoms with van der Waals surface area (Å²) in [6.07, 6.45) is 6.34. The van der Waals surface area contributed by atoms with Crippen molar-refractivity contribution >= 4 is 11.8 Å². The molecule has 1 unspecified atom stereocenters. The fraction of sp³-hybridized carbons (Fsp3) is 0.667. The highest BCUT2D eigenvalue weighted by atomic mass is 32.2. The lowest BCUT2D eigenvalue weighted by Crippen LogP contribution is -2.00. The van der Waals surface area contributed by atoms with Crippen LogP contribution in [0.2, 0.25) is 0 Å². The second-order valence-electron chi connectivity index (χ2n) is 4.16. The molecule has 1 aromatic rings. The number of aliphatic hydroxyl groups is 1. The number of hydrogen-bond donors (Lipinski definition) is 1. The summed E-state index contributed by atoms with van der Waals surface area (Å²) in [5, 5.41) is 9.93. The van der Waals surface area contributed by atoms with Gasteiger partial charge in [-0.1, -0.05) is 6.92 Å². The third-order valence-electron chi connectivity index (χ3n) is 2.88. The van der Waals surface area contributed by atoms with Crippen molar-refractivity contribution in [3.05, 3.63) is 24.0 Å². The second-order valence-corrected chi connectivity index (χ2v) is 5.56. The van der Waals surface area contributed by atoms with E-state index in [4.69, 9.17) is 0 Å². The van der Waals surface area contributed by atoms with Gasteiger partial charge in [-0.05, 0) is 36.1 Å². The zero-order valence-electron chi connectivity index (χ0n) is 9.22. The summed E-state index contributed by atoms with van der Waals surface area (Å²) in [6.45, 7) is 3.23. The van der Waals surface area contributed by atoms with Crippen molar-refractivity contribution < 1.29 is 5.11 Å². The first-order valence-electron chi connectivity index (χ1n) is 5.72. The molecule has 1 aliphatic carbocycles. The zero-order valence-corrected chi connectivity index (χ0v) is 10.0.